The van der Waals surface area contributed by atoms with E-state index in [2.05, 4.69) is 15.1 Å². The monoisotopic (exact) mass is 268 g/mol. The van der Waals surface area contributed by atoms with Gasteiger partial charge in [-0.1, -0.05) is 18.2 Å². The van der Waals surface area contributed by atoms with Crippen molar-refractivity contribution < 1.29 is 5.11 Å². The highest BCUT2D eigenvalue weighted by Crippen LogP contribution is 2.22. The summed E-state index contributed by atoms with van der Waals surface area (Å²) in [5.41, 5.74) is 2.69. The molecule has 0 amide bonds. The highest BCUT2D eigenvalue weighted by molar-refractivity contribution is 5.82. The number of aromatic nitrogens is 4. The zero-order valence-corrected chi connectivity index (χ0v) is 11.5. The van der Waals surface area contributed by atoms with Gasteiger partial charge in [0.15, 0.2) is 0 Å². The largest absolute Gasteiger partial charge is 0.386 e. The topological polar surface area (TPSA) is 63.8 Å². The van der Waals surface area contributed by atoms with Crippen molar-refractivity contribution in [2.75, 3.05) is 0 Å². The van der Waals surface area contributed by atoms with Crippen molar-refractivity contribution in [3.05, 3.63) is 53.7 Å². The van der Waals surface area contributed by atoms with Crippen LogP contribution < -0.4 is 0 Å². The van der Waals surface area contributed by atoms with Crippen LogP contribution in [-0.4, -0.2) is 24.9 Å². The van der Waals surface area contributed by atoms with E-state index in [4.69, 9.17) is 0 Å². The van der Waals surface area contributed by atoms with E-state index in [1.165, 1.54) is 6.33 Å². The molecule has 0 saturated heterocycles. The minimum atomic E-state index is -0.679. The summed E-state index contributed by atoms with van der Waals surface area (Å²) in [5, 5.41) is 15.5. The van der Waals surface area contributed by atoms with E-state index >= 15 is 0 Å². The lowest BCUT2D eigenvalue weighted by Gasteiger charge is -2.12. The average Bonchev–Trinajstić information content (AvgIpc) is 2.84. The van der Waals surface area contributed by atoms with E-state index in [0.717, 1.165) is 22.3 Å². The van der Waals surface area contributed by atoms with Crippen LogP contribution in [0.2, 0.25) is 0 Å². The number of nitrogens with zero attached hydrogens (tertiary/aromatic N) is 4. The number of benzene rings is 1. The first-order valence-corrected chi connectivity index (χ1v) is 6.52. The number of aliphatic hydroxyl groups is 1. The van der Waals surface area contributed by atoms with Crippen LogP contribution in [-0.2, 0) is 13.5 Å². The van der Waals surface area contributed by atoms with Crippen molar-refractivity contribution in [2.45, 2.75) is 19.4 Å². The molecule has 0 spiro atoms. The van der Waals surface area contributed by atoms with Crippen LogP contribution in [0.15, 0.2) is 36.7 Å². The lowest BCUT2D eigenvalue weighted by atomic mass is 10.1. The molecule has 0 saturated carbocycles. The predicted octanol–water partition coefficient (Wildman–Crippen LogP) is 1.95. The van der Waals surface area contributed by atoms with Gasteiger partial charge in [-0.15, -0.1) is 0 Å². The van der Waals surface area contributed by atoms with E-state index in [-0.39, 0.29) is 0 Å². The van der Waals surface area contributed by atoms with Gasteiger partial charge in [0.1, 0.15) is 18.3 Å². The normalized spacial score (nSPS) is 12.8. The molecule has 102 valence electrons. The minimum Gasteiger partial charge on any atom is -0.386 e. The van der Waals surface area contributed by atoms with E-state index in [0.29, 0.717) is 12.1 Å². The number of aliphatic hydroxyl groups excluding tert-OH is 1. The zero-order chi connectivity index (χ0) is 14.1. The third-order valence-corrected chi connectivity index (χ3v) is 3.47. The molecule has 0 fully saturated rings. The fourth-order valence-corrected chi connectivity index (χ4v) is 2.33. The second kappa shape index (κ2) is 5.02. The van der Waals surface area contributed by atoms with E-state index in [9.17, 15) is 5.11 Å². The van der Waals surface area contributed by atoms with Gasteiger partial charge in [0.05, 0.1) is 11.2 Å². The Labute approximate surface area is 116 Å². The quantitative estimate of drug-likeness (QED) is 0.788. The Balaban J connectivity index is 1.95. The maximum Gasteiger partial charge on any atom is 0.138 e. The maximum atomic E-state index is 10.4. The van der Waals surface area contributed by atoms with Crippen LogP contribution in [0.1, 0.15) is 23.2 Å². The Morgan fingerprint density at radius 2 is 2.10 bits per heavy atom. The van der Waals surface area contributed by atoms with Crippen molar-refractivity contribution in [1.82, 2.24) is 19.7 Å². The molecule has 0 aliphatic heterocycles. The second-order valence-corrected chi connectivity index (χ2v) is 4.90. The van der Waals surface area contributed by atoms with Crippen LogP contribution in [0.25, 0.3) is 10.9 Å². The first-order chi connectivity index (χ1) is 9.65. The van der Waals surface area contributed by atoms with E-state index in [1.807, 2.05) is 44.3 Å². The number of para-hydroxylation sites is 1. The summed E-state index contributed by atoms with van der Waals surface area (Å²) in [7, 11) is 1.81. The Kier molecular flexibility index (Phi) is 3.20. The fraction of sp³-hybridized carbons (Fsp3) is 0.267. The number of fused-ring (bicyclic) bond motifs is 1. The lowest BCUT2D eigenvalue weighted by Crippen LogP contribution is -2.09. The first kappa shape index (κ1) is 12.7. The molecule has 3 rings (SSSR count). The predicted molar refractivity (Wildman–Crippen MR) is 76.1 cm³/mol. The molecule has 0 radical (unpaired) electrons. The van der Waals surface area contributed by atoms with Gasteiger partial charge in [-0.3, -0.25) is 9.67 Å². The first-order valence-electron chi connectivity index (χ1n) is 6.52. The molecule has 5 nitrogen and oxygen atoms in total. The van der Waals surface area contributed by atoms with Gasteiger partial charge in [-0.2, -0.15) is 5.10 Å². The highest BCUT2D eigenvalue weighted by Gasteiger charge is 2.15. The van der Waals surface area contributed by atoms with Crippen LogP contribution in [0, 0.1) is 6.92 Å². The van der Waals surface area contributed by atoms with Gasteiger partial charge >= 0.3 is 0 Å². The lowest BCUT2D eigenvalue weighted by molar-refractivity contribution is 0.170. The molecule has 2 heterocycles. The third-order valence-electron chi connectivity index (χ3n) is 3.47. The molecule has 1 aromatic carbocycles. The summed E-state index contributed by atoms with van der Waals surface area (Å²) in [6.45, 7) is 2.03. The number of hydrogen-bond donors (Lipinski definition) is 1. The number of hydrogen-bond acceptors (Lipinski definition) is 4. The molecule has 1 unspecified atom stereocenters. The molecular formula is C15H16N4O. The number of aryl methyl sites for hydroxylation is 2. The van der Waals surface area contributed by atoms with Gasteiger partial charge in [0.2, 0.25) is 0 Å². The van der Waals surface area contributed by atoms with Gasteiger partial charge in [-0.25, -0.2) is 4.98 Å². The molecule has 1 atom stereocenters. The fourth-order valence-electron chi connectivity index (χ4n) is 2.33. The van der Waals surface area contributed by atoms with Crippen LogP contribution in [0.4, 0.5) is 0 Å². The van der Waals surface area contributed by atoms with Crippen LogP contribution >= 0.6 is 0 Å². The summed E-state index contributed by atoms with van der Waals surface area (Å²) in [6.07, 6.45) is 1.21. The Hall–Kier alpha value is -2.27. The number of pyridine rings is 1. The Bertz CT molecular complexity index is 750. The van der Waals surface area contributed by atoms with Crippen molar-refractivity contribution in [2.24, 2.45) is 7.05 Å². The van der Waals surface area contributed by atoms with Crippen LogP contribution in [0.3, 0.4) is 0 Å². The van der Waals surface area contributed by atoms with Crippen molar-refractivity contribution in [1.29, 1.82) is 0 Å². The van der Waals surface area contributed by atoms with Crippen molar-refractivity contribution in [3.8, 4) is 0 Å². The molecule has 0 aliphatic rings. The molecule has 2 aromatic heterocycles. The molecule has 20 heavy (non-hydrogen) atoms. The summed E-state index contributed by atoms with van der Waals surface area (Å²) in [6, 6.07) is 9.88. The Morgan fingerprint density at radius 1 is 1.30 bits per heavy atom. The standard InChI is InChI=1S/C15H16N4O/c1-10-7-13(18-12-6-4-3-5-11(10)12)14(20)8-15-16-9-17-19(15)2/h3-7,9,14,20H,8H2,1-2H3. The summed E-state index contributed by atoms with van der Waals surface area (Å²) in [5.74, 6) is 0.741. The highest BCUT2D eigenvalue weighted by atomic mass is 16.3. The molecule has 0 aliphatic carbocycles. The summed E-state index contributed by atoms with van der Waals surface area (Å²) < 4.78 is 1.66. The SMILES string of the molecule is Cc1cc(C(O)Cc2ncnn2C)nc2ccccc12. The van der Waals surface area contributed by atoms with E-state index < -0.39 is 6.10 Å². The average molecular weight is 268 g/mol. The van der Waals surface area contributed by atoms with Gasteiger partial charge in [0, 0.05) is 18.9 Å². The van der Waals surface area contributed by atoms with E-state index in [1.54, 1.807) is 4.68 Å². The van der Waals surface area contributed by atoms with Gasteiger partial charge < -0.3 is 5.11 Å². The molecule has 0 bridgehead atoms. The smallest absolute Gasteiger partial charge is 0.138 e. The van der Waals surface area contributed by atoms with Crippen molar-refractivity contribution in [3.63, 3.8) is 0 Å². The summed E-state index contributed by atoms with van der Waals surface area (Å²) in [4.78, 5) is 8.67. The van der Waals surface area contributed by atoms with Gasteiger partial charge in [0.25, 0.3) is 0 Å². The molecule has 1 N–H and O–H groups in total. The summed E-state index contributed by atoms with van der Waals surface area (Å²) >= 11 is 0. The minimum absolute atomic E-state index is 0.404. The number of rotatable bonds is 3. The maximum absolute atomic E-state index is 10.4. The second-order valence-electron chi connectivity index (χ2n) is 4.90. The molecular weight excluding hydrogens is 252 g/mol. The third kappa shape index (κ3) is 2.28. The molecule has 5 heteroatoms. The van der Waals surface area contributed by atoms with Crippen LogP contribution in [0.5, 0.6) is 0 Å². The zero-order valence-electron chi connectivity index (χ0n) is 11.5. The van der Waals surface area contributed by atoms with Crippen molar-refractivity contribution >= 4 is 10.9 Å². The molecule has 3 aromatic rings. The Morgan fingerprint density at radius 3 is 2.85 bits per heavy atom. The van der Waals surface area contributed by atoms with Gasteiger partial charge in [-0.05, 0) is 24.6 Å².